The lowest BCUT2D eigenvalue weighted by molar-refractivity contribution is 0.154. The first-order valence-corrected chi connectivity index (χ1v) is 10.2. The summed E-state index contributed by atoms with van der Waals surface area (Å²) in [7, 11) is 1.83. The first-order chi connectivity index (χ1) is 15.2. The maximum Gasteiger partial charge on any atom is 0.247 e. The van der Waals surface area contributed by atoms with E-state index in [4.69, 9.17) is 14.7 Å². The van der Waals surface area contributed by atoms with E-state index in [0.717, 1.165) is 35.4 Å². The minimum absolute atomic E-state index is 0.276. The summed E-state index contributed by atoms with van der Waals surface area (Å²) in [6.45, 7) is 0. The summed E-state index contributed by atoms with van der Waals surface area (Å²) in [6.07, 6.45) is 7.56. The minimum Gasteiger partial charge on any atom is -0.457 e. The standard InChI is InChI=1S/C24H21N5O2/c1-28(15-25)17-13-18(14-17)29-12-11-22-23(29)24(27-16-26-22)31-21-9-7-20(8-10-21)30-19-5-3-2-4-6-19/h2-12,16-18H,13-14H2,1H3/t17-,18-. The number of para-hydroxylation sites is 1. The highest BCUT2D eigenvalue weighted by Gasteiger charge is 2.34. The molecule has 7 heteroatoms. The maximum absolute atomic E-state index is 9.09. The van der Waals surface area contributed by atoms with Crippen LogP contribution in [0.3, 0.4) is 0 Å². The second-order valence-corrected chi connectivity index (χ2v) is 7.61. The number of fused-ring (bicyclic) bond motifs is 1. The first kappa shape index (κ1) is 18.9. The average molecular weight is 411 g/mol. The zero-order valence-electron chi connectivity index (χ0n) is 17.0. The fraction of sp³-hybridized carbons (Fsp3) is 0.208. The lowest BCUT2D eigenvalue weighted by atomic mass is 9.85. The molecule has 0 bridgehead atoms. The Labute approximate surface area is 180 Å². The van der Waals surface area contributed by atoms with E-state index in [1.165, 1.54) is 6.33 Å². The van der Waals surface area contributed by atoms with Gasteiger partial charge in [-0.3, -0.25) is 0 Å². The molecule has 0 saturated heterocycles. The molecule has 1 aliphatic rings. The van der Waals surface area contributed by atoms with E-state index in [1.54, 1.807) is 4.90 Å². The number of nitriles is 1. The van der Waals surface area contributed by atoms with Crippen LogP contribution in [0.2, 0.25) is 0 Å². The van der Waals surface area contributed by atoms with Crippen LogP contribution in [0, 0.1) is 11.5 Å². The normalized spacial score (nSPS) is 17.5. The average Bonchev–Trinajstić information content (AvgIpc) is 3.19. The van der Waals surface area contributed by atoms with Crippen LogP contribution in [-0.4, -0.2) is 32.5 Å². The van der Waals surface area contributed by atoms with Gasteiger partial charge in [0.2, 0.25) is 5.88 Å². The van der Waals surface area contributed by atoms with E-state index in [1.807, 2.05) is 73.9 Å². The molecule has 1 aliphatic carbocycles. The van der Waals surface area contributed by atoms with E-state index in [0.29, 0.717) is 17.7 Å². The summed E-state index contributed by atoms with van der Waals surface area (Å²) in [4.78, 5) is 10.5. The van der Waals surface area contributed by atoms with Gasteiger partial charge in [-0.15, -0.1) is 0 Å². The Hall–Kier alpha value is -4.05. The number of hydrogen-bond acceptors (Lipinski definition) is 6. The summed E-state index contributed by atoms with van der Waals surface area (Å²) in [5, 5.41) is 9.09. The highest BCUT2D eigenvalue weighted by atomic mass is 16.5. The van der Waals surface area contributed by atoms with Crippen LogP contribution in [0.5, 0.6) is 23.1 Å². The van der Waals surface area contributed by atoms with E-state index in [9.17, 15) is 0 Å². The van der Waals surface area contributed by atoms with Gasteiger partial charge in [0.1, 0.15) is 29.1 Å². The summed E-state index contributed by atoms with van der Waals surface area (Å²) in [5.41, 5.74) is 1.71. The highest BCUT2D eigenvalue weighted by Crippen LogP contribution is 2.39. The molecular formula is C24H21N5O2. The monoisotopic (exact) mass is 411 g/mol. The molecule has 0 atom stereocenters. The van der Waals surface area contributed by atoms with Crippen molar-refractivity contribution in [1.82, 2.24) is 19.4 Å². The van der Waals surface area contributed by atoms with Gasteiger partial charge in [0.25, 0.3) is 0 Å². The van der Waals surface area contributed by atoms with Crippen LogP contribution in [0.25, 0.3) is 11.0 Å². The van der Waals surface area contributed by atoms with Crippen molar-refractivity contribution in [3.63, 3.8) is 0 Å². The number of rotatable bonds is 6. The topological polar surface area (TPSA) is 76.2 Å². The second kappa shape index (κ2) is 8.00. The van der Waals surface area contributed by atoms with Crippen LogP contribution in [-0.2, 0) is 0 Å². The van der Waals surface area contributed by atoms with Crippen LogP contribution in [0.1, 0.15) is 18.9 Å². The molecule has 1 saturated carbocycles. The van der Waals surface area contributed by atoms with Crippen LogP contribution in [0.15, 0.2) is 73.2 Å². The fourth-order valence-electron chi connectivity index (χ4n) is 3.84. The third-order valence-corrected chi connectivity index (χ3v) is 5.67. The molecule has 0 N–H and O–H groups in total. The number of benzene rings is 2. The molecule has 7 nitrogen and oxygen atoms in total. The Morgan fingerprint density at radius 2 is 1.61 bits per heavy atom. The second-order valence-electron chi connectivity index (χ2n) is 7.61. The molecule has 0 spiro atoms. The predicted molar refractivity (Wildman–Crippen MR) is 116 cm³/mol. The van der Waals surface area contributed by atoms with Gasteiger partial charge in [0, 0.05) is 25.3 Å². The zero-order valence-corrected chi connectivity index (χ0v) is 17.0. The van der Waals surface area contributed by atoms with Crippen molar-refractivity contribution in [2.45, 2.75) is 24.9 Å². The summed E-state index contributed by atoms with van der Waals surface area (Å²) < 4.78 is 14.1. The summed E-state index contributed by atoms with van der Waals surface area (Å²) in [5.74, 6) is 2.71. The van der Waals surface area contributed by atoms with Gasteiger partial charge in [-0.2, -0.15) is 10.2 Å². The first-order valence-electron chi connectivity index (χ1n) is 10.2. The van der Waals surface area contributed by atoms with E-state index in [-0.39, 0.29) is 6.04 Å². The molecule has 2 aromatic carbocycles. The third kappa shape index (κ3) is 3.76. The van der Waals surface area contributed by atoms with Crippen molar-refractivity contribution < 1.29 is 9.47 Å². The van der Waals surface area contributed by atoms with E-state index < -0.39 is 0 Å². The summed E-state index contributed by atoms with van der Waals surface area (Å²) >= 11 is 0. The Morgan fingerprint density at radius 3 is 2.32 bits per heavy atom. The molecule has 31 heavy (non-hydrogen) atoms. The number of hydrogen-bond donors (Lipinski definition) is 0. The molecule has 0 unspecified atom stereocenters. The molecule has 0 radical (unpaired) electrons. The number of aromatic nitrogens is 3. The highest BCUT2D eigenvalue weighted by molar-refractivity contribution is 5.81. The molecule has 2 heterocycles. The molecular weight excluding hydrogens is 390 g/mol. The lowest BCUT2D eigenvalue weighted by Gasteiger charge is -2.39. The van der Waals surface area contributed by atoms with Gasteiger partial charge in [-0.25, -0.2) is 4.98 Å². The van der Waals surface area contributed by atoms with Crippen LogP contribution < -0.4 is 9.47 Å². The number of ether oxygens (including phenoxy) is 2. The van der Waals surface area contributed by atoms with Crippen molar-refractivity contribution in [2.75, 3.05) is 7.05 Å². The maximum atomic E-state index is 9.09. The van der Waals surface area contributed by atoms with Gasteiger partial charge in [-0.05, 0) is 55.3 Å². The minimum atomic E-state index is 0.276. The van der Waals surface area contributed by atoms with Crippen molar-refractivity contribution in [1.29, 1.82) is 5.26 Å². The van der Waals surface area contributed by atoms with Crippen molar-refractivity contribution in [2.24, 2.45) is 0 Å². The smallest absolute Gasteiger partial charge is 0.247 e. The van der Waals surface area contributed by atoms with Crippen molar-refractivity contribution in [3.8, 4) is 29.3 Å². The lowest BCUT2D eigenvalue weighted by Crippen LogP contribution is -2.40. The van der Waals surface area contributed by atoms with Gasteiger partial charge in [0.05, 0.1) is 5.52 Å². The summed E-state index contributed by atoms with van der Waals surface area (Å²) in [6, 6.07) is 19.7. The van der Waals surface area contributed by atoms with E-state index in [2.05, 4.69) is 20.7 Å². The van der Waals surface area contributed by atoms with E-state index >= 15 is 0 Å². The van der Waals surface area contributed by atoms with Gasteiger partial charge >= 0.3 is 0 Å². The molecule has 1 fully saturated rings. The van der Waals surface area contributed by atoms with Crippen molar-refractivity contribution in [3.05, 3.63) is 73.2 Å². The van der Waals surface area contributed by atoms with Crippen LogP contribution >= 0.6 is 0 Å². The Balaban J connectivity index is 1.35. The van der Waals surface area contributed by atoms with Gasteiger partial charge in [0.15, 0.2) is 6.19 Å². The Bertz CT molecular complexity index is 1220. The molecule has 0 aliphatic heterocycles. The van der Waals surface area contributed by atoms with Gasteiger partial charge < -0.3 is 18.9 Å². The Morgan fingerprint density at radius 1 is 0.935 bits per heavy atom. The molecule has 0 amide bonds. The zero-order chi connectivity index (χ0) is 21.2. The molecule has 154 valence electrons. The largest absolute Gasteiger partial charge is 0.457 e. The fourth-order valence-corrected chi connectivity index (χ4v) is 3.84. The third-order valence-electron chi connectivity index (χ3n) is 5.67. The molecule has 4 aromatic rings. The van der Waals surface area contributed by atoms with Gasteiger partial charge in [-0.1, -0.05) is 18.2 Å². The predicted octanol–water partition coefficient (Wildman–Crippen LogP) is 5.13. The van der Waals surface area contributed by atoms with Crippen molar-refractivity contribution >= 4 is 11.0 Å². The quantitative estimate of drug-likeness (QED) is 0.323. The van der Waals surface area contributed by atoms with Crippen LogP contribution in [0.4, 0.5) is 0 Å². The Kier molecular flexibility index (Phi) is 4.89. The molecule has 5 rings (SSSR count). The SMILES string of the molecule is CN(C#N)[C@H]1C[C@H](n2ccc3ncnc(Oc4ccc(Oc5ccccc5)cc4)c32)C1. The molecule has 2 aromatic heterocycles. The number of nitrogens with zero attached hydrogens (tertiary/aromatic N) is 5.